The van der Waals surface area contributed by atoms with Crippen molar-refractivity contribution in [3.8, 4) is 0 Å². The molecule has 0 fully saturated rings. The number of nitrogens with one attached hydrogen (secondary N) is 1. The third-order valence-corrected chi connectivity index (χ3v) is 3.81. The predicted octanol–water partition coefficient (Wildman–Crippen LogP) is 2.29. The summed E-state index contributed by atoms with van der Waals surface area (Å²) in [5, 5.41) is 11.4. The Morgan fingerprint density at radius 3 is 2.50 bits per heavy atom. The van der Waals surface area contributed by atoms with Crippen LogP contribution in [0.2, 0.25) is 0 Å². The maximum Gasteiger partial charge on any atom is 0.303 e. The molecule has 0 aliphatic rings. The third kappa shape index (κ3) is 5.77. The summed E-state index contributed by atoms with van der Waals surface area (Å²) in [6.07, 6.45) is 1.70. The Balaban J connectivity index is 2.02. The maximum absolute atomic E-state index is 12.8. The van der Waals surface area contributed by atoms with E-state index in [-0.39, 0.29) is 18.1 Å². The lowest BCUT2D eigenvalue weighted by atomic mass is 10.1. The zero-order chi connectivity index (χ0) is 18.9. The minimum absolute atomic E-state index is 0.0221. The first kappa shape index (κ1) is 19.2. The van der Waals surface area contributed by atoms with Crippen LogP contribution in [0.1, 0.15) is 35.9 Å². The molecular formula is C19H22N2O5. The summed E-state index contributed by atoms with van der Waals surface area (Å²) in [6.45, 7) is 2.24. The van der Waals surface area contributed by atoms with Crippen molar-refractivity contribution >= 4 is 17.8 Å². The molecule has 1 heterocycles. The fraction of sp³-hybridized carbons (Fsp3) is 0.316. The monoisotopic (exact) mass is 358 g/mol. The largest absolute Gasteiger partial charge is 0.481 e. The second-order valence-electron chi connectivity index (χ2n) is 5.92. The Labute approximate surface area is 151 Å². The van der Waals surface area contributed by atoms with Crippen LogP contribution in [-0.2, 0) is 16.1 Å². The van der Waals surface area contributed by atoms with E-state index in [1.54, 1.807) is 17.9 Å². The number of nitrogens with zero attached hydrogens (tertiary/aromatic N) is 1. The minimum Gasteiger partial charge on any atom is -0.481 e. The molecule has 1 aromatic carbocycles. The van der Waals surface area contributed by atoms with E-state index in [4.69, 9.17) is 9.52 Å². The Hall–Kier alpha value is -3.09. The van der Waals surface area contributed by atoms with Crippen LogP contribution in [0.25, 0.3) is 0 Å². The van der Waals surface area contributed by atoms with E-state index in [0.717, 1.165) is 5.56 Å². The maximum atomic E-state index is 12.8. The first-order chi connectivity index (χ1) is 12.5. The number of amides is 2. The van der Waals surface area contributed by atoms with Gasteiger partial charge in [0.2, 0.25) is 5.91 Å². The molecule has 0 radical (unpaired) electrons. The summed E-state index contributed by atoms with van der Waals surface area (Å²) in [4.78, 5) is 37.1. The average molecular weight is 358 g/mol. The van der Waals surface area contributed by atoms with Gasteiger partial charge in [-0.1, -0.05) is 30.3 Å². The number of rotatable bonds is 9. The SMILES string of the molecule is CC(NC(=O)c1ccco1)C(=O)N(CCCC(=O)O)Cc1ccccc1. The van der Waals surface area contributed by atoms with Gasteiger partial charge in [0, 0.05) is 19.5 Å². The fourth-order valence-electron chi connectivity index (χ4n) is 2.50. The van der Waals surface area contributed by atoms with E-state index in [1.165, 1.54) is 12.3 Å². The summed E-state index contributed by atoms with van der Waals surface area (Å²) >= 11 is 0. The highest BCUT2D eigenvalue weighted by molar-refractivity contribution is 5.95. The van der Waals surface area contributed by atoms with E-state index in [9.17, 15) is 14.4 Å². The van der Waals surface area contributed by atoms with Crippen LogP contribution in [0.5, 0.6) is 0 Å². The second-order valence-corrected chi connectivity index (χ2v) is 5.92. The fourth-order valence-corrected chi connectivity index (χ4v) is 2.50. The number of aliphatic carboxylic acids is 1. The van der Waals surface area contributed by atoms with Gasteiger partial charge in [-0.15, -0.1) is 0 Å². The summed E-state index contributed by atoms with van der Waals surface area (Å²) in [7, 11) is 0. The van der Waals surface area contributed by atoms with Crippen molar-refractivity contribution in [2.75, 3.05) is 6.54 Å². The lowest BCUT2D eigenvalue weighted by Gasteiger charge is -2.26. The molecule has 0 saturated heterocycles. The van der Waals surface area contributed by atoms with Crippen LogP contribution in [0.15, 0.2) is 53.1 Å². The van der Waals surface area contributed by atoms with Crippen LogP contribution in [0.3, 0.4) is 0 Å². The van der Waals surface area contributed by atoms with Crippen LogP contribution >= 0.6 is 0 Å². The minimum atomic E-state index is -0.906. The lowest BCUT2D eigenvalue weighted by molar-refractivity contribution is -0.138. The van der Waals surface area contributed by atoms with Gasteiger partial charge in [0.05, 0.1) is 6.26 Å². The van der Waals surface area contributed by atoms with Crippen LogP contribution in [-0.4, -0.2) is 40.4 Å². The van der Waals surface area contributed by atoms with Crippen molar-refractivity contribution in [1.29, 1.82) is 0 Å². The van der Waals surface area contributed by atoms with Crippen molar-refractivity contribution in [3.63, 3.8) is 0 Å². The van der Waals surface area contributed by atoms with E-state index >= 15 is 0 Å². The van der Waals surface area contributed by atoms with Crippen molar-refractivity contribution < 1.29 is 23.9 Å². The Morgan fingerprint density at radius 1 is 1.15 bits per heavy atom. The van der Waals surface area contributed by atoms with Crippen LogP contribution < -0.4 is 5.32 Å². The molecule has 0 saturated carbocycles. The third-order valence-electron chi connectivity index (χ3n) is 3.81. The summed E-state index contributed by atoms with van der Waals surface area (Å²) in [5.41, 5.74) is 0.931. The zero-order valence-corrected chi connectivity index (χ0v) is 14.6. The van der Waals surface area contributed by atoms with Crippen LogP contribution in [0, 0.1) is 0 Å². The number of benzene rings is 1. The molecular weight excluding hydrogens is 336 g/mol. The Morgan fingerprint density at radius 2 is 1.88 bits per heavy atom. The molecule has 7 nitrogen and oxygen atoms in total. The number of hydrogen-bond acceptors (Lipinski definition) is 4. The molecule has 2 amide bonds. The molecule has 0 aliphatic heterocycles. The van der Waals surface area contributed by atoms with E-state index < -0.39 is 17.9 Å². The molecule has 1 atom stereocenters. The molecule has 2 N–H and O–H groups in total. The van der Waals surface area contributed by atoms with Crippen molar-refractivity contribution in [2.45, 2.75) is 32.4 Å². The van der Waals surface area contributed by atoms with Gasteiger partial charge in [-0.2, -0.15) is 0 Å². The number of carbonyl (C=O) groups excluding carboxylic acids is 2. The second kappa shape index (κ2) is 9.41. The molecule has 2 aromatic rings. The zero-order valence-electron chi connectivity index (χ0n) is 14.6. The summed E-state index contributed by atoms with van der Waals surface area (Å²) in [6, 6.07) is 11.8. The molecule has 0 aliphatic carbocycles. The van der Waals surface area contributed by atoms with Gasteiger partial charge in [-0.05, 0) is 31.0 Å². The number of carboxylic acid groups (broad SMARTS) is 1. The van der Waals surface area contributed by atoms with Gasteiger partial charge in [-0.25, -0.2) is 0 Å². The van der Waals surface area contributed by atoms with E-state index in [2.05, 4.69) is 5.32 Å². The smallest absolute Gasteiger partial charge is 0.303 e. The Kier molecular flexibility index (Phi) is 6.96. The standard InChI is InChI=1S/C19H22N2O5/c1-14(20-18(24)16-9-6-12-26-16)19(25)21(11-5-10-17(22)23)13-15-7-3-2-4-8-15/h2-4,6-9,12,14H,5,10-11,13H2,1H3,(H,20,24)(H,22,23). The lowest BCUT2D eigenvalue weighted by Crippen LogP contribution is -2.47. The molecule has 26 heavy (non-hydrogen) atoms. The Bertz CT molecular complexity index is 728. The number of furan rings is 1. The van der Waals surface area contributed by atoms with Gasteiger partial charge in [0.25, 0.3) is 5.91 Å². The van der Waals surface area contributed by atoms with Crippen molar-refractivity contribution in [1.82, 2.24) is 10.2 Å². The molecule has 2 rings (SSSR count). The molecule has 0 bridgehead atoms. The molecule has 1 unspecified atom stereocenters. The van der Waals surface area contributed by atoms with E-state index in [1.807, 2.05) is 30.3 Å². The van der Waals surface area contributed by atoms with Gasteiger partial charge in [-0.3, -0.25) is 14.4 Å². The normalized spacial score (nSPS) is 11.6. The number of hydrogen-bond donors (Lipinski definition) is 2. The molecule has 1 aromatic heterocycles. The van der Waals surface area contributed by atoms with Gasteiger partial charge in [0.1, 0.15) is 6.04 Å². The van der Waals surface area contributed by atoms with Crippen LogP contribution in [0.4, 0.5) is 0 Å². The summed E-state index contributed by atoms with van der Waals surface area (Å²) in [5.74, 6) is -1.53. The van der Waals surface area contributed by atoms with Gasteiger partial charge < -0.3 is 19.7 Å². The quantitative estimate of drug-likeness (QED) is 0.716. The predicted molar refractivity (Wildman–Crippen MR) is 94.4 cm³/mol. The van der Waals surface area contributed by atoms with Crippen molar-refractivity contribution in [2.24, 2.45) is 0 Å². The highest BCUT2D eigenvalue weighted by atomic mass is 16.4. The highest BCUT2D eigenvalue weighted by Gasteiger charge is 2.23. The molecule has 7 heteroatoms. The first-order valence-electron chi connectivity index (χ1n) is 8.36. The average Bonchev–Trinajstić information content (AvgIpc) is 3.15. The van der Waals surface area contributed by atoms with E-state index in [0.29, 0.717) is 19.5 Å². The topological polar surface area (TPSA) is 99.9 Å². The van der Waals surface area contributed by atoms with Gasteiger partial charge in [0.15, 0.2) is 5.76 Å². The molecule has 138 valence electrons. The first-order valence-corrected chi connectivity index (χ1v) is 8.36. The van der Waals surface area contributed by atoms with Gasteiger partial charge >= 0.3 is 5.97 Å². The highest BCUT2D eigenvalue weighted by Crippen LogP contribution is 2.09. The van der Waals surface area contributed by atoms with Crippen molar-refractivity contribution in [3.05, 3.63) is 60.1 Å². The molecule has 0 spiro atoms. The number of carboxylic acids is 1. The summed E-state index contributed by atoms with van der Waals surface area (Å²) < 4.78 is 5.02. The number of carbonyl (C=O) groups is 3.